The third-order valence-electron chi connectivity index (χ3n) is 5.29. The maximum absolute atomic E-state index is 3.28. The fourth-order valence-electron chi connectivity index (χ4n) is 3.47. The molecule has 0 spiro atoms. The van der Waals surface area contributed by atoms with Crippen LogP contribution in [-0.4, -0.2) is 0 Å². The van der Waals surface area contributed by atoms with Crippen molar-refractivity contribution in [3.05, 3.63) is 142 Å². The zero-order valence-electron chi connectivity index (χ0n) is 19.2. The summed E-state index contributed by atoms with van der Waals surface area (Å²) in [5, 5.41) is 0. The Morgan fingerprint density at radius 1 is 0.222 bits per heavy atom. The highest BCUT2D eigenvalue weighted by molar-refractivity contribution is 5.60. The van der Waals surface area contributed by atoms with Crippen LogP contribution in [0.2, 0.25) is 0 Å². The third kappa shape index (κ3) is 5.41. The van der Waals surface area contributed by atoms with Gasteiger partial charge in [0.2, 0.25) is 0 Å². The molecule has 0 amide bonds. The van der Waals surface area contributed by atoms with Crippen LogP contribution in [0.1, 0.15) is 44.5 Å². The van der Waals surface area contributed by atoms with Crippen LogP contribution in [0.4, 0.5) is 0 Å². The van der Waals surface area contributed by atoms with Crippen molar-refractivity contribution in [1.29, 1.82) is 0 Å². The second-order valence-electron chi connectivity index (χ2n) is 7.68. The van der Waals surface area contributed by atoms with E-state index in [4.69, 9.17) is 0 Å². The summed E-state index contributed by atoms with van der Waals surface area (Å²) in [6, 6.07) is 31.2. The van der Waals surface area contributed by atoms with E-state index in [0.717, 1.165) is 44.5 Å². The predicted molar refractivity (Wildman–Crippen MR) is 145 cm³/mol. The van der Waals surface area contributed by atoms with Crippen LogP contribution >= 0.6 is 0 Å². The van der Waals surface area contributed by atoms with E-state index >= 15 is 0 Å². The van der Waals surface area contributed by atoms with E-state index in [1.165, 1.54) is 0 Å². The van der Waals surface area contributed by atoms with Crippen LogP contribution < -0.4 is 0 Å². The Bertz CT molecular complexity index is 1720. The summed E-state index contributed by atoms with van der Waals surface area (Å²) >= 11 is 0. The summed E-state index contributed by atoms with van der Waals surface area (Å²) in [6.45, 7) is 0. The van der Waals surface area contributed by atoms with Crippen LogP contribution in [0.25, 0.3) is 0 Å². The molecule has 4 aromatic rings. The highest BCUT2D eigenvalue weighted by Gasteiger charge is 1.99. The number of benzene rings is 4. The molecule has 0 atom stereocenters. The van der Waals surface area contributed by atoms with Gasteiger partial charge in [-0.1, -0.05) is 95.9 Å². The van der Waals surface area contributed by atoms with E-state index in [1.807, 2.05) is 97.1 Å². The summed E-state index contributed by atoms with van der Waals surface area (Å²) in [5.74, 6) is 37.4. The molecule has 1 aliphatic rings. The average molecular weight is 449 g/mol. The van der Waals surface area contributed by atoms with Crippen molar-refractivity contribution in [3.8, 4) is 71.0 Å². The Morgan fingerprint density at radius 3 is 0.583 bits per heavy atom. The summed E-state index contributed by atoms with van der Waals surface area (Å²) in [6.07, 6.45) is 0. The Balaban J connectivity index is 1.69. The molecule has 160 valence electrons. The molecule has 0 aliphatic heterocycles. The molecule has 0 heterocycles. The van der Waals surface area contributed by atoms with Crippen molar-refractivity contribution in [3.63, 3.8) is 0 Å². The SMILES string of the molecule is C1#Cc2ccccc2C#CC#Cc2ccccc2C#Cc2ccccc2C#Cc2ccccc2C#C1. The Labute approximate surface area is 212 Å². The van der Waals surface area contributed by atoms with Gasteiger partial charge in [-0.25, -0.2) is 0 Å². The highest BCUT2D eigenvalue weighted by atomic mass is 14.0. The zero-order chi connectivity index (χ0) is 24.4. The molecule has 0 saturated heterocycles. The minimum absolute atomic E-state index is 0.812. The summed E-state index contributed by atoms with van der Waals surface area (Å²) in [5.41, 5.74) is 6.68. The third-order valence-corrected chi connectivity index (χ3v) is 5.29. The van der Waals surface area contributed by atoms with E-state index in [2.05, 4.69) is 71.0 Å². The van der Waals surface area contributed by atoms with Crippen LogP contribution in [0.3, 0.4) is 0 Å². The minimum atomic E-state index is 0.812. The van der Waals surface area contributed by atoms with Crippen molar-refractivity contribution >= 4 is 0 Å². The molecule has 0 radical (unpaired) electrons. The molecular formula is C36H16. The fraction of sp³-hybridized carbons (Fsp3) is 0. The molecule has 0 fully saturated rings. The van der Waals surface area contributed by atoms with Gasteiger partial charge in [0.1, 0.15) is 0 Å². The molecule has 0 heteroatoms. The van der Waals surface area contributed by atoms with Gasteiger partial charge in [0.25, 0.3) is 0 Å². The summed E-state index contributed by atoms with van der Waals surface area (Å²) < 4.78 is 0. The molecule has 0 N–H and O–H groups in total. The number of rotatable bonds is 0. The lowest BCUT2D eigenvalue weighted by Gasteiger charge is -1.98. The topological polar surface area (TPSA) is 0 Å². The molecule has 0 unspecified atom stereocenters. The van der Waals surface area contributed by atoms with Gasteiger partial charge in [-0.2, -0.15) is 0 Å². The second-order valence-corrected chi connectivity index (χ2v) is 7.68. The lowest BCUT2D eigenvalue weighted by Crippen LogP contribution is -1.87. The first kappa shape index (κ1) is 22.1. The Morgan fingerprint density at radius 2 is 0.389 bits per heavy atom. The summed E-state index contributed by atoms with van der Waals surface area (Å²) in [7, 11) is 0. The first-order chi connectivity index (χ1) is 17.9. The normalized spacial score (nSPS) is 10.2. The maximum Gasteiger partial charge on any atom is 0.0412 e. The smallest absolute Gasteiger partial charge is 0.0412 e. The average Bonchev–Trinajstić information content (AvgIpc) is 2.93. The van der Waals surface area contributed by atoms with E-state index < -0.39 is 0 Å². The van der Waals surface area contributed by atoms with Gasteiger partial charge in [-0.15, -0.1) is 0 Å². The number of fused-ring (bicyclic) bond motifs is 4. The number of hydrogen-bond donors (Lipinski definition) is 0. The van der Waals surface area contributed by atoms with Crippen molar-refractivity contribution in [1.82, 2.24) is 0 Å². The van der Waals surface area contributed by atoms with Crippen LogP contribution in [0.5, 0.6) is 0 Å². The van der Waals surface area contributed by atoms with Crippen LogP contribution in [-0.2, 0) is 0 Å². The van der Waals surface area contributed by atoms with Crippen molar-refractivity contribution in [2.45, 2.75) is 0 Å². The van der Waals surface area contributed by atoms with Gasteiger partial charge in [0.05, 0.1) is 0 Å². The Hall–Kier alpha value is -5.76. The molecule has 0 aromatic heterocycles. The van der Waals surface area contributed by atoms with E-state index in [0.29, 0.717) is 0 Å². The van der Waals surface area contributed by atoms with Gasteiger partial charge in [-0.05, 0) is 72.2 Å². The predicted octanol–water partition coefficient (Wildman–Crippen LogP) is 5.61. The van der Waals surface area contributed by atoms with Gasteiger partial charge in [0.15, 0.2) is 0 Å². The molecule has 36 heavy (non-hydrogen) atoms. The highest BCUT2D eigenvalue weighted by Crippen LogP contribution is 2.11. The summed E-state index contributed by atoms with van der Waals surface area (Å²) in [4.78, 5) is 0. The zero-order valence-corrected chi connectivity index (χ0v) is 19.2. The first-order valence-electron chi connectivity index (χ1n) is 11.3. The van der Waals surface area contributed by atoms with Crippen LogP contribution in [0, 0.1) is 71.0 Å². The molecule has 0 saturated carbocycles. The first-order valence-corrected chi connectivity index (χ1v) is 11.3. The monoisotopic (exact) mass is 448 g/mol. The fourth-order valence-corrected chi connectivity index (χ4v) is 3.47. The van der Waals surface area contributed by atoms with Crippen molar-refractivity contribution < 1.29 is 0 Å². The molecule has 5 rings (SSSR count). The lowest BCUT2D eigenvalue weighted by atomic mass is 10.0. The molecule has 0 bridgehead atoms. The Kier molecular flexibility index (Phi) is 6.68. The van der Waals surface area contributed by atoms with Crippen molar-refractivity contribution in [2.24, 2.45) is 0 Å². The second kappa shape index (κ2) is 10.9. The van der Waals surface area contributed by atoms with E-state index in [9.17, 15) is 0 Å². The van der Waals surface area contributed by atoms with Crippen molar-refractivity contribution in [2.75, 3.05) is 0 Å². The quantitative estimate of drug-likeness (QED) is 0.307. The largest absolute Gasteiger partial charge is 0.0609 e. The minimum Gasteiger partial charge on any atom is -0.0609 e. The molecule has 1 aliphatic carbocycles. The van der Waals surface area contributed by atoms with Gasteiger partial charge < -0.3 is 0 Å². The molecule has 4 aromatic carbocycles. The van der Waals surface area contributed by atoms with Gasteiger partial charge >= 0.3 is 0 Å². The molecule has 0 nitrogen and oxygen atoms in total. The maximum atomic E-state index is 3.28. The van der Waals surface area contributed by atoms with Gasteiger partial charge in [-0.3, -0.25) is 0 Å². The van der Waals surface area contributed by atoms with Crippen LogP contribution in [0.15, 0.2) is 97.1 Å². The lowest BCUT2D eigenvalue weighted by molar-refractivity contribution is 1.56. The van der Waals surface area contributed by atoms with E-state index in [1.54, 1.807) is 0 Å². The van der Waals surface area contributed by atoms with E-state index in [-0.39, 0.29) is 0 Å². The molecular weight excluding hydrogens is 432 g/mol. The standard InChI is InChI=1S/C36H16/c1-2-14-30-16-4-6-18-32-20-8-10-22-34(32)26-28-36-24-12-11-23-35(36)27-25-33-21-9-7-19-31(33)17-5-3-15-29(30)13-1/h1-2,7-14,19-24H. The number of hydrogen-bond acceptors (Lipinski definition) is 0. The van der Waals surface area contributed by atoms with Gasteiger partial charge in [0, 0.05) is 44.5 Å².